The number of aromatic nitrogens is 2. The highest BCUT2D eigenvalue weighted by molar-refractivity contribution is 5.94. The zero-order chi connectivity index (χ0) is 27.4. The number of carboxylic acid groups (broad SMARTS) is 1. The first-order valence-electron chi connectivity index (χ1n) is 11.4. The van der Waals surface area contributed by atoms with E-state index in [2.05, 4.69) is 25.9 Å². The molecule has 0 aliphatic heterocycles. The van der Waals surface area contributed by atoms with Gasteiger partial charge in [0.05, 0.1) is 19.0 Å². The molecule has 0 spiro atoms. The van der Waals surface area contributed by atoms with E-state index in [1.807, 2.05) is 6.07 Å². The number of carbonyl (C=O) groups is 5. The molecule has 37 heavy (non-hydrogen) atoms. The Morgan fingerprint density at radius 3 is 2.11 bits per heavy atom. The lowest BCUT2D eigenvalue weighted by Crippen LogP contribution is -2.58. The number of rotatable bonds is 15. The van der Waals surface area contributed by atoms with Crippen molar-refractivity contribution in [3.63, 3.8) is 0 Å². The molecule has 4 atom stereocenters. The van der Waals surface area contributed by atoms with Crippen LogP contribution in [0, 0.1) is 0 Å². The second-order valence-corrected chi connectivity index (χ2v) is 8.29. The van der Waals surface area contributed by atoms with Gasteiger partial charge in [-0.2, -0.15) is 0 Å². The predicted octanol–water partition coefficient (Wildman–Crippen LogP) is -2.68. The number of aliphatic carboxylic acids is 1. The monoisotopic (exact) mass is 517 g/mol. The second kappa shape index (κ2) is 14.3. The highest BCUT2D eigenvalue weighted by atomic mass is 16.4. The maximum Gasteiger partial charge on any atom is 0.326 e. The van der Waals surface area contributed by atoms with Gasteiger partial charge >= 0.3 is 5.97 Å². The topological polar surface area (TPSA) is 243 Å². The molecule has 0 radical (unpaired) electrons. The number of primary amides is 1. The first-order chi connectivity index (χ1) is 17.6. The summed E-state index contributed by atoms with van der Waals surface area (Å²) in [6, 6.07) is 3.85. The van der Waals surface area contributed by atoms with Gasteiger partial charge < -0.3 is 42.6 Å². The average molecular weight is 518 g/mol. The number of benzene rings is 1. The quantitative estimate of drug-likeness (QED) is 0.122. The number of hydrogen-bond donors (Lipinski definition) is 8. The van der Waals surface area contributed by atoms with E-state index in [1.54, 1.807) is 24.3 Å². The van der Waals surface area contributed by atoms with Crippen molar-refractivity contribution in [2.75, 3.05) is 6.61 Å². The number of nitrogens with two attached hydrogens (primary N) is 2. The molecule has 14 nitrogen and oxygen atoms in total. The SMILES string of the molecule is NC(=O)CCC(NC(=O)C(CO)NC(=O)C(Cc1cnc[nH]1)NC(=O)C(N)Cc1ccccc1)C(=O)O. The van der Waals surface area contributed by atoms with E-state index in [1.165, 1.54) is 12.5 Å². The van der Waals surface area contributed by atoms with Crippen molar-refractivity contribution in [2.45, 2.75) is 49.9 Å². The van der Waals surface area contributed by atoms with Gasteiger partial charge in [-0.15, -0.1) is 0 Å². The van der Waals surface area contributed by atoms with Crippen molar-refractivity contribution < 1.29 is 34.2 Å². The minimum absolute atomic E-state index is 0.0360. The molecule has 0 saturated heterocycles. The highest BCUT2D eigenvalue weighted by Crippen LogP contribution is 2.05. The highest BCUT2D eigenvalue weighted by Gasteiger charge is 2.30. The molecule has 0 aliphatic carbocycles. The minimum Gasteiger partial charge on any atom is -0.480 e. The Hall–Kier alpha value is -4.30. The fraction of sp³-hybridized carbons (Fsp3) is 0.391. The van der Waals surface area contributed by atoms with E-state index in [4.69, 9.17) is 11.5 Å². The molecule has 1 heterocycles. The summed E-state index contributed by atoms with van der Waals surface area (Å²) in [5, 5.41) is 26.0. The van der Waals surface area contributed by atoms with E-state index < -0.39 is 60.4 Å². The van der Waals surface area contributed by atoms with E-state index in [9.17, 15) is 34.2 Å². The minimum atomic E-state index is -1.54. The summed E-state index contributed by atoms with van der Waals surface area (Å²) in [5.41, 5.74) is 12.4. The molecule has 10 N–H and O–H groups in total. The van der Waals surface area contributed by atoms with Crippen LogP contribution in [0.2, 0.25) is 0 Å². The van der Waals surface area contributed by atoms with Gasteiger partial charge in [0.2, 0.25) is 23.6 Å². The van der Waals surface area contributed by atoms with E-state index >= 15 is 0 Å². The Morgan fingerprint density at radius 1 is 0.919 bits per heavy atom. The Kier molecular flexibility index (Phi) is 11.2. The third kappa shape index (κ3) is 9.70. The van der Waals surface area contributed by atoms with Crippen molar-refractivity contribution in [2.24, 2.45) is 11.5 Å². The maximum absolute atomic E-state index is 13.0. The molecule has 1 aromatic heterocycles. The van der Waals surface area contributed by atoms with Gasteiger partial charge in [0.15, 0.2) is 0 Å². The number of carboxylic acids is 1. The van der Waals surface area contributed by atoms with Crippen molar-refractivity contribution in [3.05, 3.63) is 54.1 Å². The summed E-state index contributed by atoms with van der Waals surface area (Å²) >= 11 is 0. The van der Waals surface area contributed by atoms with Gasteiger partial charge in [-0.05, 0) is 18.4 Å². The summed E-state index contributed by atoms with van der Waals surface area (Å²) in [6.45, 7) is -0.863. The standard InChI is InChI=1S/C23H31N7O7/c24-15(8-13-4-2-1-3-5-13)20(33)29-17(9-14-10-26-12-27-14)21(34)30-18(11-31)22(35)28-16(23(36)37)6-7-19(25)32/h1-5,10,12,15-18,31H,6-9,11,24H2,(H2,25,32)(H,26,27)(H,28,35)(H,29,33)(H,30,34)(H,36,37). The molecule has 1 aromatic carbocycles. The lowest BCUT2D eigenvalue weighted by Gasteiger charge is -2.24. The van der Waals surface area contributed by atoms with Crippen LogP contribution in [0.3, 0.4) is 0 Å². The fourth-order valence-electron chi connectivity index (χ4n) is 3.35. The van der Waals surface area contributed by atoms with Gasteiger partial charge in [0.1, 0.15) is 18.1 Å². The maximum atomic E-state index is 13.0. The van der Waals surface area contributed by atoms with Crippen LogP contribution in [-0.2, 0) is 36.8 Å². The zero-order valence-electron chi connectivity index (χ0n) is 19.9. The number of hydrogen-bond acceptors (Lipinski definition) is 8. The van der Waals surface area contributed by atoms with Gasteiger partial charge in [-0.3, -0.25) is 19.2 Å². The summed E-state index contributed by atoms with van der Waals surface area (Å²) in [4.78, 5) is 67.4. The average Bonchev–Trinajstić information content (AvgIpc) is 3.37. The largest absolute Gasteiger partial charge is 0.480 e. The molecule has 2 rings (SSSR count). The first-order valence-corrected chi connectivity index (χ1v) is 11.4. The lowest BCUT2D eigenvalue weighted by atomic mass is 10.0. The van der Waals surface area contributed by atoms with E-state index in [-0.39, 0.29) is 25.7 Å². The lowest BCUT2D eigenvalue weighted by molar-refractivity contribution is -0.143. The summed E-state index contributed by atoms with van der Waals surface area (Å²) < 4.78 is 0. The molecule has 2 aromatic rings. The van der Waals surface area contributed by atoms with Crippen LogP contribution >= 0.6 is 0 Å². The van der Waals surface area contributed by atoms with Crippen LogP contribution in [-0.4, -0.2) is 80.6 Å². The Morgan fingerprint density at radius 2 is 1.54 bits per heavy atom. The molecule has 0 fully saturated rings. The molecule has 0 bridgehead atoms. The summed E-state index contributed by atoms with van der Waals surface area (Å²) in [7, 11) is 0. The Bertz CT molecular complexity index is 1060. The molecular weight excluding hydrogens is 486 g/mol. The summed E-state index contributed by atoms with van der Waals surface area (Å²) in [6.07, 6.45) is 2.44. The molecule has 4 unspecified atom stereocenters. The zero-order valence-corrected chi connectivity index (χ0v) is 19.9. The number of aromatic amines is 1. The van der Waals surface area contributed by atoms with Crippen molar-refractivity contribution in [1.29, 1.82) is 0 Å². The molecular formula is C23H31N7O7. The van der Waals surface area contributed by atoms with Crippen molar-refractivity contribution in [3.8, 4) is 0 Å². The van der Waals surface area contributed by atoms with Crippen LogP contribution in [0.15, 0.2) is 42.9 Å². The number of imidazole rings is 1. The summed E-state index contributed by atoms with van der Waals surface area (Å²) in [5.74, 6) is -4.62. The first kappa shape index (κ1) is 28.9. The third-order valence-electron chi connectivity index (χ3n) is 5.36. The van der Waals surface area contributed by atoms with Crippen LogP contribution < -0.4 is 27.4 Å². The number of amides is 4. The fourth-order valence-corrected chi connectivity index (χ4v) is 3.35. The van der Waals surface area contributed by atoms with Crippen LogP contribution in [0.4, 0.5) is 0 Å². The van der Waals surface area contributed by atoms with Gasteiger partial charge in [0.25, 0.3) is 0 Å². The number of H-pyrrole nitrogens is 1. The third-order valence-corrected chi connectivity index (χ3v) is 5.36. The normalized spacial score (nSPS) is 14.0. The van der Waals surface area contributed by atoms with Crippen molar-refractivity contribution >= 4 is 29.6 Å². The van der Waals surface area contributed by atoms with E-state index in [0.717, 1.165) is 5.56 Å². The van der Waals surface area contributed by atoms with Gasteiger partial charge in [0, 0.05) is 24.7 Å². The number of carbonyl (C=O) groups excluding carboxylic acids is 4. The Balaban J connectivity index is 2.08. The molecule has 0 aliphatic rings. The predicted molar refractivity (Wildman–Crippen MR) is 129 cm³/mol. The van der Waals surface area contributed by atoms with Crippen LogP contribution in [0.5, 0.6) is 0 Å². The second-order valence-electron chi connectivity index (χ2n) is 8.29. The van der Waals surface area contributed by atoms with Crippen molar-refractivity contribution in [1.82, 2.24) is 25.9 Å². The van der Waals surface area contributed by atoms with Gasteiger partial charge in [-0.25, -0.2) is 9.78 Å². The van der Waals surface area contributed by atoms with Crippen LogP contribution in [0.1, 0.15) is 24.1 Å². The number of aliphatic hydroxyl groups excluding tert-OH is 1. The smallest absolute Gasteiger partial charge is 0.326 e. The number of aliphatic hydroxyl groups is 1. The molecule has 14 heteroatoms. The Labute approximate surface area is 212 Å². The molecule has 200 valence electrons. The number of nitrogens with one attached hydrogen (secondary N) is 4. The van der Waals surface area contributed by atoms with E-state index in [0.29, 0.717) is 5.69 Å². The number of nitrogens with zero attached hydrogens (tertiary/aromatic N) is 1. The van der Waals surface area contributed by atoms with Gasteiger partial charge in [-0.1, -0.05) is 30.3 Å². The molecule has 0 saturated carbocycles. The molecule has 4 amide bonds. The van der Waals surface area contributed by atoms with Crippen LogP contribution in [0.25, 0.3) is 0 Å².